The number of rotatable bonds is 8. The predicted molar refractivity (Wildman–Crippen MR) is 123 cm³/mol. The molecule has 1 saturated heterocycles. The van der Waals surface area contributed by atoms with Crippen molar-refractivity contribution in [1.82, 2.24) is 10.6 Å². The highest BCUT2D eigenvalue weighted by molar-refractivity contribution is 7.98. The van der Waals surface area contributed by atoms with Crippen LogP contribution in [0.2, 0.25) is 0 Å². The number of imide groups is 1. The molecular formula is C24H24N2O6S. The van der Waals surface area contributed by atoms with Gasteiger partial charge in [0.2, 0.25) is 5.91 Å². The molecule has 1 aliphatic carbocycles. The van der Waals surface area contributed by atoms with Crippen molar-refractivity contribution in [3.05, 3.63) is 59.7 Å². The van der Waals surface area contributed by atoms with Crippen molar-refractivity contribution in [3.63, 3.8) is 0 Å². The number of carbonyl (C=O) groups is 4. The largest absolute Gasteiger partial charge is 0.450 e. The summed E-state index contributed by atoms with van der Waals surface area (Å²) in [6, 6.07) is 15.0. The van der Waals surface area contributed by atoms with Crippen molar-refractivity contribution in [2.24, 2.45) is 0 Å². The molecule has 0 bridgehead atoms. The molecule has 2 atom stereocenters. The molecule has 0 spiro atoms. The monoisotopic (exact) mass is 468 g/mol. The maximum absolute atomic E-state index is 12.6. The van der Waals surface area contributed by atoms with Gasteiger partial charge in [0.15, 0.2) is 6.10 Å². The molecule has 2 N–H and O–H groups in total. The Morgan fingerprint density at radius 2 is 1.73 bits per heavy atom. The highest BCUT2D eigenvalue weighted by Gasteiger charge is 2.36. The zero-order valence-electron chi connectivity index (χ0n) is 18.0. The molecule has 0 aromatic heterocycles. The summed E-state index contributed by atoms with van der Waals surface area (Å²) in [4.78, 5) is 48.2. The number of benzene rings is 2. The lowest BCUT2D eigenvalue weighted by Crippen LogP contribution is -2.44. The first-order valence-corrected chi connectivity index (χ1v) is 12.0. The van der Waals surface area contributed by atoms with Gasteiger partial charge in [-0.2, -0.15) is 11.8 Å². The highest BCUT2D eigenvalue weighted by Crippen LogP contribution is 2.44. The van der Waals surface area contributed by atoms with Gasteiger partial charge in [-0.3, -0.25) is 14.9 Å². The third-order valence-corrected chi connectivity index (χ3v) is 6.36. The maximum Gasteiger partial charge on any atom is 0.407 e. The number of fused-ring (bicyclic) bond motifs is 3. The summed E-state index contributed by atoms with van der Waals surface area (Å²) in [6.45, 7) is 0.115. The van der Waals surface area contributed by atoms with Crippen LogP contribution < -0.4 is 10.6 Å². The average molecular weight is 469 g/mol. The topological polar surface area (TPSA) is 111 Å². The molecular weight excluding hydrogens is 444 g/mol. The second kappa shape index (κ2) is 10.1. The van der Waals surface area contributed by atoms with E-state index in [0.717, 1.165) is 22.3 Å². The van der Waals surface area contributed by atoms with Gasteiger partial charge in [-0.1, -0.05) is 48.5 Å². The molecule has 33 heavy (non-hydrogen) atoms. The van der Waals surface area contributed by atoms with Crippen molar-refractivity contribution in [1.29, 1.82) is 0 Å². The molecule has 2 aromatic rings. The van der Waals surface area contributed by atoms with E-state index in [2.05, 4.69) is 10.6 Å². The maximum atomic E-state index is 12.6. The Morgan fingerprint density at radius 3 is 2.30 bits per heavy atom. The minimum atomic E-state index is -1.17. The SMILES string of the molecule is CSCC[C@H](NC(=O)OCC1c2ccccc2-c2ccccc21)C(=O)OC1CC(=O)NC1=O. The highest BCUT2D eigenvalue weighted by atomic mass is 32.2. The standard InChI is InChI=1S/C24H24N2O6S/c1-33-11-10-19(23(29)32-20-12-21(27)26-22(20)28)25-24(30)31-13-18-16-8-4-2-6-14(16)15-7-3-5-9-17(15)18/h2-9,18-20H,10-13H2,1H3,(H,25,30)(H,26,27,28)/t19-,20?/m0/s1. The molecule has 2 aliphatic rings. The first-order chi connectivity index (χ1) is 16.0. The second-order valence-corrected chi connectivity index (χ2v) is 8.83. The molecule has 1 fully saturated rings. The fourth-order valence-corrected chi connectivity index (χ4v) is 4.59. The number of alkyl carbamates (subject to hydrolysis) is 1. The number of amides is 3. The number of hydrogen-bond donors (Lipinski definition) is 2. The van der Waals surface area contributed by atoms with E-state index in [1.54, 1.807) is 0 Å². The van der Waals surface area contributed by atoms with Crippen LogP contribution in [-0.4, -0.2) is 54.6 Å². The van der Waals surface area contributed by atoms with Gasteiger partial charge in [0.25, 0.3) is 5.91 Å². The van der Waals surface area contributed by atoms with Gasteiger partial charge in [0, 0.05) is 5.92 Å². The fourth-order valence-electron chi connectivity index (χ4n) is 4.11. The normalized spacial score (nSPS) is 17.7. The summed E-state index contributed by atoms with van der Waals surface area (Å²) in [6.07, 6.45) is 0.0358. The Morgan fingerprint density at radius 1 is 1.09 bits per heavy atom. The summed E-state index contributed by atoms with van der Waals surface area (Å²) in [5.74, 6) is -1.44. The Bertz CT molecular complexity index is 1040. The Kier molecular flexibility index (Phi) is 6.98. The van der Waals surface area contributed by atoms with E-state index < -0.39 is 36.0 Å². The molecule has 0 radical (unpaired) electrons. The van der Waals surface area contributed by atoms with Crippen molar-refractivity contribution in [2.45, 2.75) is 30.9 Å². The summed E-state index contributed by atoms with van der Waals surface area (Å²) in [5.41, 5.74) is 4.41. The third kappa shape index (κ3) is 5.03. The van der Waals surface area contributed by atoms with Crippen LogP contribution in [0.4, 0.5) is 4.79 Å². The number of esters is 1. The van der Waals surface area contributed by atoms with Crippen molar-refractivity contribution in [2.75, 3.05) is 18.6 Å². The molecule has 2 aromatic carbocycles. The van der Waals surface area contributed by atoms with E-state index in [1.807, 2.05) is 54.8 Å². The van der Waals surface area contributed by atoms with E-state index >= 15 is 0 Å². The number of thioether (sulfide) groups is 1. The van der Waals surface area contributed by atoms with E-state index in [9.17, 15) is 19.2 Å². The van der Waals surface area contributed by atoms with Crippen LogP contribution in [0.3, 0.4) is 0 Å². The van der Waals surface area contributed by atoms with E-state index in [4.69, 9.17) is 9.47 Å². The summed E-state index contributed by atoms with van der Waals surface area (Å²) in [7, 11) is 0. The van der Waals surface area contributed by atoms with Gasteiger partial charge in [0.1, 0.15) is 12.6 Å². The van der Waals surface area contributed by atoms with Gasteiger partial charge in [0.05, 0.1) is 6.42 Å². The van der Waals surface area contributed by atoms with Crippen LogP contribution in [0.15, 0.2) is 48.5 Å². The van der Waals surface area contributed by atoms with Gasteiger partial charge in [-0.25, -0.2) is 9.59 Å². The summed E-state index contributed by atoms with van der Waals surface area (Å²) in [5, 5.41) is 4.65. The van der Waals surface area contributed by atoms with Crippen LogP contribution >= 0.6 is 11.8 Å². The van der Waals surface area contributed by atoms with E-state index in [-0.39, 0.29) is 18.9 Å². The van der Waals surface area contributed by atoms with Crippen molar-refractivity contribution < 1.29 is 28.7 Å². The molecule has 9 heteroatoms. The van der Waals surface area contributed by atoms with E-state index in [1.165, 1.54) is 11.8 Å². The van der Waals surface area contributed by atoms with Gasteiger partial charge in [-0.05, 0) is 40.7 Å². The molecule has 3 amide bonds. The second-order valence-electron chi connectivity index (χ2n) is 7.85. The quantitative estimate of drug-likeness (QED) is 0.453. The molecule has 1 unspecified atom stereocenters. The van der Waals surface area contributed by atoms with Crippen LogP contribution in [0.25, 0.3) is 11.1 Å². The van der Waals surface area contributed by atoms with Crippen LogP contribution in [0, 0.1) is 0 Å². The van der Waals surface area contributed by atoms with Crippen LogP contribution in [-0.2, 0) is 23.9 Å². The zero-order valence-corrected chi connectivity index (χ0v) is 18.9. The molecule has 1 heterocycles. The molecule has 8 nitrogen and oxygen atoms in total. The summed E-state index contributed by atoms with van der Waals surface area (Å²) >= 11 is 1.50. The third-order valence-electron chi connectivity index (χ3n) is 5.72. The van der Waals surface area contributed by atoms with E-state index in [0.29, 0.717) is 12.2 Å². The van der Waals surface area contributed by atoms with Gasteiger partial charge >= 0.3 is 12.1 Å². The molecule has 0 saturated carbocycles. The number of ether oxygens (including phenoxy) is 2. The summed E-state index contributed by atoms with van der Waals surface area (Å²) < 4.78 is 10.7. The average Bonchev–Trinajstić information content (AvgIpc) is 3.30. The fraction of sp³-hybridized carbons (Fsp3) is 0.333. The number of nitrogens with one attached hydrogen (secondary N) is 2. The Hall–Kier alpha value is -3.33. The molecule has 1 aliphatic heterocycles. The first-order valence-electron chi connectivity index (χ1n) is 10.6. The number of carbonyl (C=O) groups excluding carboxylic acids is 4. The minimum absolute atomic E-state index is 0.104. The van der Waals surface area contributed by atoms with Gasteiger partial charge in [-0.15, -0.1) is 0 Å². The smallest absolute Gasteiger partial charge is 0.407 e. The van der Waals surface area contributed by atoms with Crippen LogP contribution in [0.5, 0.6) is 0 Å². The Balaban J connectivity index is 1.39. The first kappa shape index (κ1) is 22.8. The molecule has 172 valence electrons. The predicted octanol–water partition coefficient (Wildman–Crippen LogP) is 2.61. The van der Waals surface area contributed by atoms with Crippen molar-refractivity contribution >= 4 is 35.6 Å². The minimum Gasteiger partial charge on any atom is -0.450 e. The van der Waals surface area contributed by atoms with Crippen molar-refractivity contribution in [3.8, 4) is 11.1 Å². The molecule has 4 rings (SSSR count). The zero-order chi connectivity index (χ0) is 23.4. The lowest BCUT2D eigenvalue weighted by atomic mass is 9.98. The van der Waals surface area contributed by atoms with Crippen LogP contribution in [0.1, 0.15) is 29.9 Å². The lowest BCUT2D eigenvalue weighted by Gasteiger charge is -2.20. The lowest BCUT2D eigenvalue weighted by molar-refractivity contribution is -0.156. The number of hydrogen-bond acceptors (Lipinski definition) is 7. The Labute approximate surface area is 195 Å². The van der Waals surface area contributed by atoms with Gasteiger partial charge < -0.3 is 14.8 Å².